The van der Waals surface area contributed by atoms with Gasteiger partial charge in [0.15, 0.2) is 5.78 Å². The van der Waals surface area contributed by atoms with Crippen molar-refractivity contribution >= 4 is 11.5 Å². The van der Waals surface area contributed by atoms with Crippen LogP contribution in [0.1, 0.15) is 0 Å². The van der Waals surface area contributed by atoms with Gasteiger partial charge in [-0.1, -0.05) is 0 Å². The highest BCUT2D eigenvalue weighted by atomic mass is 16.5. The zero-order valence-corrected chi connectivity index (χ0v) is 7.23. The summed E-state index contributed by atoms with van der Waals surface area (Å²) in [4.78, 5) is 15.4. The van der Waals surface area contributed by atoms with Crippen molar-refractivity contribution in [1.29, 1.82) is 0 Å². The smallest absolute Gasteiger partial charge is 0.189 e. The van der Waals surface area contributed by atoms with E-state index in [1.165, 1.54) is 12.3 Å². The van der Waals surface area contributed by atoms with E-state index >= 15 is 0 Å². The second-order valence-corrected chi connectivity index (χ2v) is 2.83. The van der Waals surface area contributed by atoms with Crippen LogP contribution in [0.4, 0.5) is 0 Å². The van der Waals surface area contributed by atoms with Crippen LogP contribution in [0.15, 0.2) is 41.1 Å². The zero-order valence-electron chi connectivity index (χ0n) is 7.23. The van der Waals surface area contributed by atoms with Crippen molar-refractivity contribution in [1.82, 2.24) is 0 Å². The molecule has 0 fully saturated rings. The van der Waals surface area contributed by atoms with Gasteiger partial charge in [0.1, 0.15) is 0 Å². The fraction of sp³-hybridized carbons (Fsp3) is 0.200. The van der Waals surface area contributed by atoms with E-state index in [-0.39, 0.29) is 11.9 Å². The van der Waals surface area contributed by atoms with Crippen molar-refractivity contribution in [2.75, 3.05) is 7.11 Å². The number of methoxy groups -OCH3 is 1. The van der Waals surface area contributed by atoms with Crippen molar-refractivity contribution in [3.8, 4) is 0 Å². The molecule has 0 saturated heterocycles. The van der Waals surface area contributed by atoms with Crippen LogP contribution in [0.25, 0.3) is 0 Å². The van der Waals surface area contributed by atoms with Crippen molar-refractivity contribution in [2.24, 2.45) is 4.99 Å². The molecule has 0 amide bonds. The molecule has 0 aromatic rings. The lowest BCUT2D eigenvalue weighted by atomic mass is 9.97. The normalized spacial score (nSPS) is 25.3. The summed E-state index contributed by atoms with van der Waals surface area (Å²) >= 11 is 0. The first kappa shape index (κ1) is 8.13. The van der Waals surface area contributed by atoms with Crippen molar-refractivity contribution < 1.29 is 9.53 Å². The summed E-state index contributed by atoms with van der Waals surface area (Å²) in [5.74, 6) is -0.00333. The maximum Gasteiger partial charge on any atom is 0.189 e. The van der Waals surface area contributed by atoms with Crippen LogP contribution in [0.2, 0.25) is 0 Å². The van der Waals surface area contributed by atoms with Crippen LogP contribution < -0.4 is 0 Å². The molecule has 1 aliphatic heterocycles. The Bertz CT molecular complexity index is 361. The maximum absolute atomic E-state index is 11.4. The maximum atomic E-state index is 11.4. The fourth-order valence-electron chi connectivity index (χ4n) is 1.32. The second kappa shape index (κ2) is 3.11. The summed E-state index contributed by atoms with van der Waals surface area (Å²) in [6, 6.07) is 0. The van der Waals surface area contributed by atoms with Crippen LogP contribution >= 0.6 is 0 Å². The highest BCUT2D eigenvalue weighted by Gasteiger charge is 2.19. The Hall–Kier alpha value is -1.48. The van der Waals surface area contributed by atoms with Crippen LogP contribution in [0.5, 0.6) is 0 Å². The number of hydrogen-bond donors (Lipinski definition) is 0. The molecule has 0 radical (unpaired) electrons. The number of aliphatic imine (C=N–C) groups is 1. The van der Waals surface area contributed by atoms with Gasteiger partial charge in [-0.2, -0.15) is 0 Å². The molecule has 0 saturated carbocycles. The Morgan fingerprint density at radius 1 is 1.46 bits per heavy atom. The summed E-state index contributed by atoms with van der Waals surface area (Å²) in [6.45, 7) is 0. The molecule has 0 N–H and O–H groups in total. The highest BCUT2D eigenvalue weighted by molar-refractivity contribution is 6.31. The van der Waals surface area contributed by atoms with E-state index in [1.807, 2.05) is 12.2 Å². The molecule has 2 aliphatic rings. The summed E-state index contributed by atoms with van der Waals surface area (Å²) < 4.78 is 5.09. The van der Waals surface area contributed by atoms with E-state index in [1.54, 1.807) is 13.2 Å². The Morgan fingerprint density at radius 2 is 2.31 bits per heavy atom. The molecule has 0 spiro atoms. The number of ketones is 1. The molecule has 0 aromatic heterocycles. The Morgan fingerprint density at radius 3 is 3.08 bits per heavy atom. The van der Waals surface area contributed by atoms with E-state index in [0.717, 1.165) is 5.71 Å². The van der Waals surface area contributed by atoms with Gasteiger partial charge in [0, 0.05) is 25.0 Å². The predicted octanol–water partition coefficient (Wildman–Crippen LogP) is 1.03. The lowest BCUT2D eigenvalue weighted by Gasteiger charge is -2.16. The second-order valence-electron chi connectivity index (χ2n) is 2.83. The number of fused-ring (bicyclic) bond motifs is 1. The van der Waals surface area contributed by atoms with Crippen molar-refractivity contribution in [3.63, 3.8) is 0 Å². The summed E-state index contributed by atoms with van der Waals surface area (Å²) in [7, 11) is 1.61. The number of allylic oxidation sites excluding steroid dienone is 3. The van der Waals surface area contributed by atoms with Crippen LogP contribution in [-0.2, 0) is 9.53 Å². The first-order chi connectivity index (χ1) is 6.31. The SMILES string of the molecule is COC1C=CC2=NC=CC(=O)C2=C1. The monoisotopic (exact) mass is 175 g/mol. The minimum atomic E-state index is -0.107. The Kier molecular flexibility index (Phi) is 1.94. The molecule has 1 aliphatic carbocycles. The molecular formula is C10H9NO2. The third-order valence-electron chi connectivity index (χ3n) is 2.03. The first-order valence-corrected chi connectivity index (χ1v) is 4.03. The van der Waals surface area contributed by atoms with Gasteiger partial charge >= 0.3 is 0 Å². The number of hydrogen-bond acceptors (Lipinski definition) is 3. The molecule has 66 valence electrons. The average molecular weight is 175 g/mol. The Labute approximate surface area is 76.1 Å². The van der Waals surface area contributed by atoms with E-state index < -0.39 is 0 Å². The van der Waals surface area contributed by atoms with E-state index in [2.05, 4.69) is 4.99 Å². The minimum Gasteiger partial charge on any atom is -0.373 e. The number of carbonyl (C=O) groups is 1. The molecule has 0 bridgehead atoms. The summed E-state index contributed by atoms with van der Waals surface area (Å²) in [5, 5.41) is 0. The topological polar surface area (TPSA) is 38.7 Å². The molecular weight excluding hydrogens is 166 g/mol. The molecule has 1 heterocycles. The quantitative estimate of drug-likeness (QED) is 0.597. The predicted molar refractivity (Wildman–Crippen MR) is 49.6 cm³/mol. The van der Waals surface area contributed by atoms with E-state index in [0.29, 0.717) is 5.57 Å². The van der Waals surface area contributed by atoms with Gasteiger partial charge in [-0.05, 0) is 18.2 Å². The van der Waals surface area contributed by atoms with Crippen molar-refractivity contribution in [2.45, 2.75) is 6.10 Å². The van der Waals surface area contributed by atoms with Crippen molar-refractivity contribution in [3.05, 3.63) is 36.1 Å². The van der Waals surface area contributed by atoms with Gasteiger partial charge in [-0.25, -0.2) is 0 Å². The first-order valence-electron chi connectivity index (χ1n) is 4.03. The van der Waals surface area contributed by atoms with Crippen LogP contribution in [-0.4, -0.2) is 24.7 Å². The fourth-order valence-corrected chi connectivity index (χ4v) is 1.32. The number of carbonyl (C=O) groups excluding carboxylic acids is 1. The lowest BCUT2D eigenvalue weighted by molar-refractivity contribution is -0.111. The van der Waals surface area contributed by atoms with E-state index in [9.17, 15) is 4.79 Å². The molecule has 1 unspecified atom stereocenters. The highest BCUT2D eigenvalue weighted by Crippen LogP contribution is 2.16. The standard InChI is InChI=1S/C10H9NO2/c1-13-7-2-3-9-8(6-7)10(12)4-5-11-9/h2-7H,1H3. The summed E-state index contributed by atoms with van der Waals surface area (Å²) in [6.07, 6.45) is 8.34. The van der Waals surface area contributed by atoms with Gasteiger partial charge in [-0.15, -0.1) is 0 Å². The average Bonchev–Trinajstić information content (AvgIpc) is 2.18. The van der Waals surface area contributed by atoms with Gasteiger partial charge in [0.2, 0.25) is 0 Å². The van der Waals surface area contributed by atoms with Crippen LogP contribution in [0.3, 0.4) is 0 Å². The minimum absolute atomic E-state index is 0.00333. The molecule has 3 heteroatoms. The van der Waals surface area contributed by atoms with Gasteiger partial charge in [0.25, 0.3) is 0 Å². The molecule has 0 aromatic carbocycles. The third-order valence-corrected chi connectivity index (χ3v) is 2.03. The molecule has 1 atom stereocenters. The zero-order chi connectivity index (χ0) is 9.26. The largest absolute Gasteiger partial charge is 0.373 e. The molecule has 13 heavy (non-hydrogen) atoms. The van der Waals surface area contributed by atoms with Gasteiger partial charge < -0.3 is 4.74 Å². The van der Waals surface area contributed by atoms with Crippen LogP contribution in [0, 0.1) is 0 Å². The number of ether oxygens (including phenoxy) is 1. The number of nitrogens with zero attached hydrogens (tertiary/aromatic N) is 1. The number of rotatable bonds is 1. The van der Waals surface area contributed by atoms with E-state index in [4.69, 9.17) is 4.74 Å². The summed E-state index contributed by atoms with van der Waals surface area (Å²) in [5.41, 5.74) is 1.36. The van der Waals surface area contributed by atoms with Gasteiger partial charge in [0.05, 0.1) is 11.8 Å². The lowest BCUT2D eigenvalue weighted by Crippen LogP contribution is -2.20. The third kappa shape index (κ3) is 1.38. The molecule has 2 rings (SSSR count). The Balaban J connectivity index is 2.38. The molecule has 3 nitrogen and oxygen atoms in total. The van der Waals surface area contributed by atoms with Gasteiger partial charge in [-0.3, -0.25) is 9.79 Å².